The highest BCUT2D eigenvalue weighted by molar-refractivity contribution is 5.75. The molecule has 0 bridgehead atoms. The maximum atomic E-state index is 10.8. The standard InChI is InChI=1S/C11H16N2O3/c12-13-11(15)5-2-6-16-10-4-1-3-9(7-10)8-14/h1,3-4,7,14H,2,5-6,8,12H2,(H,13,15). The molecule has 1 rings (SSSR count). The maximum absolute atomic E-state index is 10.8. The Kier molecular flexibility index (Phi) is 5.31. The number of aliphatic hydroxyl groups excluding tert-OH is 1. The fourth-order valence-electron chi connectivity index (χ4n) is 1.23. The number of rotatable bonds is 6. The number of ether oxygens (including phenoxy) is 1. The average molecular weight is 224 g/mol. The molecule has 4 N–H and O–H groups in total. The monoisotopic (exact) mass is 224 g/mol. The van der Waals surface area contributed by atoms with Gasteiger partial charge >= 0.3 is 0 Å². The molecule has 0 aliphatic heterocycles. The first kappa shape index (κ1) is 12.5. The van der Waals surface area contributed by atoms with Gasteiger partial charge in [-0.2, -0.15) is 0 Å². The number of nitrogens with two attached hydrogens (primary N) is 1. The molecular weight excluding hydrogens is 208 g/mol. The lowest BCUT2D eigenvalue weighted by Gasteiger charge is -2.06. The van der Waals surface area contributed by atoms with Crippen LogP contribution in [0.4, 0.5) is 0 Å². The molecule has 16 heavy (non-hydrogen) atoms. The molecule has 1 aromatic rings. The van der Waals surface area contributed by atoms with Crippen molar-refractivity contribution in [2.45, 2.75) is 19.4 Å². The van der Waals surface area contributed by atoms with E-state index in [1.54, 1.807) is 6.07 Å². The SMILES string of the molecule is NNC(=O)CCCOc1cccc(CO)c1. The van der Waals surface area contributed by atoms with Crippen molar-refractivity contribution < 1.29 is 14.6 Å². The van der Waals surface area contributed by atoms with Crippen molar-refractivity contribution in [3.8, 4) is 5.75 Å². The third kappa shape index (κ3) is 4.29. The summed E-state index contributed by atoms with van der Waals surface area (Å²) < 4.78 is 5.41. The third-order valence-corrected chi connectivity index (χ3v) is 2.06. The van der Waals surface area contributed by atoms with Crippen molar-refractivity contribution >= 4 is 5.91 Å². The molecule has 0 unspecified atom stereocenters. The summed E-state index contributed by atoms with van der Waals surface area (Å²) in [7, 11) is 0. The van der Waals surface area contributed by atoms with E-state index in [4.69, 9.17) is 15.7 Å². The van der Waals surface area contributed by atoms with E-state index in [0.29, 0.717) is 25.2 Å². The van der Waals surface area contributed by atoms with Crippen molar-refractivity contribution in [2.24, 2.45) is 5.84 Å². The topological polar surface area (TPSA) is 84.6 Å². The number of carbonyl (C=O) groups excluding carboxylic acids is 1. The van der Waals surface area contributed by atoms with Crippen LogP contribution in [0.1, 0.15) is 18.4 Å². The highest BCUT2D eigenvalue weighted by Gasteiger charge is 1.99. The second-order valence-electron chi connectivity index (χ2n) is 3.33. The quantitative estimate of drug-likeness (QED) is 0.281. The van der Waals surface area contributed by atoms with Gasteiger partial charge in [0, 0.05) is 6.42 Å². The van der Waals surface area contributed by atoms with Crippen molar-refractivity contribution in [1.82, 2.24) is 5.43 Å². The number of nitrogens with one attached hydrogen (secondary N) is 1. The number of benzene rings is 1. The maximum Gasteiger partial charge on any atom is 0.234 e. The molecule has 1 amide bonds. The predicted molar refractivity (Wildman–Crippen MR) is 59.4 cm³/mol. The Morgan fingerprint density at radius 3 is 3.00 bits per heavy atom. The van der Waals surface area contributed by atoms with Gasteiger partial charge in [-0.15, -0.1) is 0 Å². The number of hydrogen-bond donors (Lipinski definition) is 3. The fraction of sp³-hybridized carbons (Fsp3) is 0.364. The van der Waals surface area contributed by atoms with Crippen LogP contribution < -0.4 is 16.0 Å². The summed E-state index contributed by atoms with van der Waals surface area (Å²) >= 11 is 0. The van der Waals surface area contributed by atoms with Crippen molar-refractivity contribution in [3.05, 3.63) is 29.8 Å². The molecule has 0 aliphatic rings. The second-order valence-corrected chi connectivity index (χ2v) is 3.33. The van der Waals surface area contributed by atoms with Gasteiger partial charge in [-0.1, -0.05) is 12.1 Å². The first-order valence-electron chi connectivity index (χ1n) is 5.08. The summed E-state index contributed by atoms with van der Waals surface area (Å²) in [6.45, 7) is 0.440. The Hall–Kier alpha value is -1.59. The van der Waals surface area contributed by atoms with Gasteiger partial charge < -0.3 is 9.84 Å². The highest BCUT2D eigenvalue weighted by atomic mass is 16.5. The minimum absolute atomic E-state index is 0.00716. The zero-order valence-corrected chi connectivity index (χ0v) is 8.98. The van der Waals surface area contributed by atoms with E-state index in [2.05, 4.69) is 5.43 Å². The van der Waals surface area contributed by atoms with Crippen LogP contribution in [0.15, 0.2) is 24.3 Å². The molecule has 1 aromatic carbocycles. The summed E-state index contributed by atoms with van der Waals surface area (Å²) in [4.78, 5) is 10.8. The Morgan fingerprint density at radius 1 is 1.50 bits per heavy atom. The molecule has 0 aromatic heterocycles. The first-order valence-corrected chi connectivity index (χ1v) is 5.08. The van der Waals surface area contributed by atoms with E-state index in [0.717, 1.165) is 5.56 Å². The lowest BCUT2D eigenvalue weighted by atomic mass is 10.2. The molecule has 5 heteroatoms. The van der Waals surface area contributed by atoms with Crippen LogP contribution in [-0.2, 0) is 11.4 Å². The summed E-state index contributed by atoms with van der Waals surface area (Å²) in [6, 6.07) is 7.20. The van der Waals surface area contributed by atoms with E-state index in [1.807, 2.05) is 18.2 Å². The van der Waals surface area contributed by atoms with Crippen LogP contribution in [0.3, 0.4) is 0 Å². The summed E-state index contributed by atoms with van der Waals surface area (Å²) in [6.07, 6.45) is 0.947. The lowest BCUT2D eigenvalue weighted by Crippen LogP contribution is -2.29. The minimum Gasteiger partial charge on any atom is -0.494 e. The summed E-state index contributed by atoms with van der Waals surface area (Å²) in [5.74, 6) is 5.43. The number of carbonyl (C=O) groups is 1. The highest BCUT2D eigenvalue weighted by Crippen LogP contribution is 2.13. The average Bonchev–Trinajstić information content (AvgIpc) is 2.34. The zero-order valence-electron chi connectivity index (χ0n) is 8.98. The Labute approximate surface area is 94.2 Å². The van der Waals surface area contributed by atoms with Gasteiger partial charge in [0.1, 0.15) is 5.75 Å². The van der Waals surface area contributed by atoms with Crippen LogP contribution in [0.5, 0.6) is 5.75 Å². The predicted octanol–water partition coefficient (Wildman–Crippen LogP) is 0.328. The van der Waals surface area contributed by atoms with Crippen molar-refractivity contribution in [3.63, 3.8) is 0 Å². The Balaban J connectivity index is 2.28. The van der Waals surface area contributed by atoms with E-state index in [-0.39, 0.29) is 12.5 Å². The summed E-state index contributed by atoms with van der Waals surface area (Å²) in [5, 5.41) is 8.92. The van der Waals surface area contributed by atoms with E-state index in [1.165, 1.54) is 0 Å². The number of amides is 1. The van der Waals surface area contributed by atoms with Crippen molar-refractivity contribution in [1.29, 1.82) is 0 Å². The normalized spacial score (nSPS) is 9.88. The van der Waals surface area contributed by atoms with E-state index >= 15 is 0 Å². The van der Waals surface area contributed by atoms with E-state index in [9.17, 15) is 4.79 Å². The molecule has 0 spiro atoms. The molecule has 5 nitrogen and oxygen atoms in total. The van der Waals surface area contributed by atoms with Gasteiger partial charge in [0.15, 0.2) is 0 Å². The molecular formula is C11H16N2O3. The molecule has 0 atom stereocenters. The molecule has 0 saturated carbocycles. The number of hydrogen-bond acceptors (Lipinski definition) is 4. The minimum atomic E-state index is -0.201. The van der Waals surface area contributed by atoms with Crippen LogP contribution in [0, 0.1) is 0 Å². The smallest absolute Gasteiger partial charge is 0.234 e. The largest absolute Gasteiger partial charge is 0.494 e. The Bertz CT molecular complexity index is 342. The molecule has 0 heterocycles. The van der Waals surface area contributed by atoms with Gasteiger partial charge in [0.2, 0.25) is 5.91 Å². The third-order valence-electron chi connectivity index (χ3n) is 2.06. The number of aliphatic hydroxyl groups is 1. The van der Waals surface area contributed by atoms with Crippen LogP contribution in [0.25, 0.3) is 0 Å². The zero-order chi connectivity index (χ0) is 11.8. The second kappa shape index (κ2) is 6.81. The van der Waals surface area contributed by atoms with Crippen LogP contribution in [-0.4, -0.2) is 17.6 Å². The summed E-state index contributed by atoms with van der Waals surface area (Å²) in [5.41, 5.74) is 2.86. The van der Waals surface area contributed by atoms with Crippen LogP contribution >= 0.6 is 0 Å². The molecule has 88 valence electrons. The molecule has 0 saturated heterocycles. The fourth-order valence-corrected chi connectivity index (χ4v) is 1.23. The van der Waals surface area contributed by atoms with Gasteiger partial charge in [-0.05, 0) is 24.1 Å². The molecule has 0 fully saturated rings. The van der Waals surface area contributed by atoms with Gasteiger partial charge in [0.25, 0.3) is 0 Å². The number of hydrazine groups is 1. The van der Waals surface area contributed by atoms with Crippen molar-refractivity contribution in [2.75, 3.05) is 6.61 Å². The molecule has 0 aliphatic carbocycles. The van der Waals surface area contributed by atoms with Crippen LogP contribution in [0.2, 0.25) is 0 Å². The first-order chi connectivity index (χ1) is 7.76. The lowest BCUT2D eigenvalue weighted by molar-refractivity contribution is -0.121. The van der Waals surface area contributed by atoms with Gasteiger partial charge in [-0.25, -0.2) is 5.84 Å². The van der Waals surface area contributed by atoms with Gasteiger partial charge in [-0.3, -0.25) is 10.2 Å². The Morgan fingerprint density at radius 2 is 2.31 bits per heavy atom. The molecule has 0 radical (unpaired) electrons. The van der Waals surface area contributed by atoms with E-state index < -0.39 is 0 Å². The van der Waals surface area contributed by atoms with Gasteiger partial charge in [0.05, 0.1) is 13.2 Å².